The molecule has 4 rings (SSSR count). The highest BCUT2D eigenvalue weighted by Crippen LogP contribution is 2.32. The van der Waals surface area contributed by atoms with Gasteiger partial charge in [-0.15, -0.1) is 0 Å². The van der Waals surface area contributed by atoms with Crippen molar-refractivity contribution >= 4 is 33.3 Å². The van der Waals surface area contributed by atoms with Gasteiger partial charge >= 0.3 is 6.18 Å². The summed E-state index contributed by atoms with van der Waals surface area (Å²) >= 11 is 3.16. The van der Waals surface area contributed by atoms with E-state index in [1.807, 2.05) is 31.2 Å². The molecule has 3 aromatic heterocycles. The van der Waals surface area contributed by atoms with Gasteiger partial charge in [0.1, 0.15) is 5.69 Å². The van der Waals surface area contributed by atoms with Crippen molar-refractivity contribution in [3.63, 3.8) is 0 Å². The number of hydrogen-bond donors (Lipinski definition) is 1. The third-order valence-electron chi connectivity index (χ3n) is 4.48. The summed E-state index contributed by atoms with van der Waals surface area (Å²) in [6, 6.07) is 10.4. The van der Waals surface area contributed by atoms with Crippen molar-refractivity contribution in [3.05, 3.63) is 75.3 Å². The van der Waals surface area contributed by atoms with Crippen molar-refractivity contribution in [2.45, 2.75) is 26.6 Å². The van der Waals surface area contributed by atoms with E-state index in [1.165, 1.54) is 6.92 Å². The van der Waals surface area contributed by atoms with Crippen LogP contribution in [0.5, 0.6) is 0 Å². The van der Waals surface area contributed by atoms with Gasteiger partial charge in [0.25, 0.3) is 5.91 Å². The first-order chi connectivity index (χ1) is 14.6. The summed E-state index contributed by atoms with van der Waals surface area (Å²) in [5.74, 6) is -0.453. The molecule has 1 N–H and O–H groups in total. The first-order valence-corrected chi connectivity index (χ1v) is 9.94. The molecule has 1 amide bonds. The van der Waals surface area contributed by atoms with Gasteiger partial charge in [-0.1, -0.05) is 29.8 Å². The van der Waals surface area contributed by atoms with Crippen molar-refractivity contribution in [2.75, 3.05) is 5.32 Å². The molecule has 0 unspecified atom stereocenters. The second kappa shape index (κ2) is 7.80. The molecule has 3 heterocycles. The van der Waals surface area contributed by atoms with E-state index in [1.54, 1.807) is 16.9 Å². The maximum absolute atomic E-state index is 13.4. The van der Waals surface area contributed by atoms with Crippen molar-refractivity contribution in [2.24, 2.45) is 0 Å². The SMILES string of the molecule is Cc1cccc(Cn2ccc(NC(=O)c3nn4c(C(F)(F)F)cc(C)nc4c3Br)n2)c1. The van der Waals surface area contributed by atoms with Crippen molar-refractivity contribution in [3.8, 4) is 0 Å². The standard InChI is InChI=1S/C20H16BrF3N6O/c1-11-4-3-5-13(8-11)10-29-7-6-15(27-29)26-19(31)17-16(21)18-25-12(2)9-14(20(22,23)24)30(18)28-17/h3-9H,10H2,1-2H3,(H,26,27,31). The lowest BCUT2D eigenvalue weighted by Gasteiger charge is -2.09. The Labute approximate surface area is 183 Å². The Bertz CT molecular complexity index is 1290. The number of halogens is 4. The minimum absolute atomic E-state index is 0.0680. The lowest BCUT2D eigenvalue weighted by atomic mass is 10.1. The average Bonchev–Trinajstić information content (AvgIpc) is 3.25. The summed E-state index contributed by atoms with van der Waals surface area (Å²) in [5.41, 5.74) is 0.987. The maximum atomic E-state index is 13.4. The Kier molecular flexibility index (Phi) is 5.29. The maximum Gasteiger partial charge on any atom is 0.433 e. The topological polar surface area (TPSA) is 77.1 Å². The molecule has 0 fully saturated rings. The largest absolute Gasteiger partial charge is 0.433 e. The number of aromatic nitrogens is 5. The molecule has 31 heavy (non-hydrogen) atoms. The molecule has 0 saturated heterocycles. The van der Waals surface area contributed by atoms with E-state index in [2.05, 4.69) is 36.4 Å². The van der Waals surface area contributed by atoms with E-state index < -0.39 is 17.8 Å². The molecule has 0 aliphatic heterocycles. The fourth-order valence-electron chi connectivity index (χ4n) is 3.15. The number of benzene rings is 1. The number of carbonyl (C=O) groups is 1. The number of hydrogen-bond acceptors (Lipinski definition) is 4. The smallest absolute Gasteiger partial charge is 0.304 e. The second-order valence-electron chi connectivity index (χ2n) is 7.02. The van der Waals surface area contributed by atoms with Crippen LogP contribution in [0.15, 0.2) is 47.1 Å². The zero-order chi connectivity index (χ0) is 22.3. The third-order valence-corrected chi connectivity index (χ3v) is 5.21. The van der Waals surface area contributed by atoms with Crippen LogP contribution in [0.1, 0.15) is 33.0 Å². The van der Waals surface area contributed by atoms with E-state index in [-0.39, 0.29) is 27.3 Å². The lowest BCUT2D eigenvalue weighted by Crippen LogP contribution is -2.16. The zero-order valence-electron chi connectivity index (χ0n) is 16.4. The number of nitrogens with one attached hydrogen (secondary N) is 1. The number of aryl methyl sites for hydroxylation is 2. The summed E-state index contributed by atoms with van der Waals surface area (Å²) in [7, 11) is 0. The lowest BCUT2D eigenvalue weighted by molar-refractivity contribution is -0.142. The van der Waals surface area contributed by atoms with Crippen molar-refractivity contribution in [1.82, 2.24) is 24.4 Å². The molecule has 7 nitrogen and oxygen atoms in total. The second-order valence-corrected chi connectivity index (χ2v) is 7.81. The van der Waals surface area contributed by atoms with Gasteiger partial charge in [-0.25, -0.2) is 9.50 Å². The van der Waals surface area contributed by atoms with Crippen molar-refractivity contribution in [1.29, 1.82) is 0 Å². The monoisotopic (exact) mass is 492 g/mol. The molecule has 0 spiro atoms. The molecule has 1 aromatic carbocycles. The van der Waals surface area contributed by atoms with E-state index in [9.17, 15) is 18.0 Å². The van der Waals surface area contributed by atoms with E-state index in [4.69, 9.17) is 0 Å². The normalized spacial score (nSPS) is 11.8. The van der Waals surface area contributed by atoms with Gasteiger partial charge in [-0.05, 0) is 41.4 Å². The molecule has 0 bridgehead atoms. The summed E-state index contributed by atoms with van der Waals surface area (Å²) in [6.07, 6.45) is -2.96. The number of rotatable bonds is 4. The number of anilines is 1. The van der Waals surface area contributed by atoms with Crippen LogP contribution in [0.25, 0.3) is 5.65 Å². The fraction of sp³-hybridized carbons (Fsp3) is 0.200. The molecule has 0 saturated carbocycles. The van der Waals surface area contributed by atoms with Gasteiger partial charge < -0.3 is 5.32 Å². The molecule has 0 atom stereocenters. The molecular formula is C20H16BrF3N6O. The summed E-state index contributed by atoms with van der Waals surface area (Å²) < 4.78 is 42.5. The number of nitrogens with zero attached hydrogens (tertiary/aromatic N) is 5. The molecule has 11 heteroatoms. The predicted molar refractivity (Wildman–Crippen MR) is 111 cm³/mol. The van der Waals surface area contributed by atoms with Crippen LogP contribution < -0.4 is 5.32 Å². The van der Waals surface area contributed by atoms with Gasteiger partial charge in [0.05, 0.1) is 11.0 Å². The van der Waals surface area contributed by atoms with Crippen LogP contribution >= 0.6 is 15.9 Å². The van der Waals surface area contributed by atoms with Gasteiger partial charge in [-0.2, -0.15) is 23.4 Å². The highest BCUT2D eigenvalue weighted by Gasteiger charge is 2.36. The first-order valence-electron chi connectivity index (χ1n) is 9.15. The summed E-state index contributed by atoms with van der Waals surface area (Å²) in [6.45, 7) is 3.94. The number of amides is 1. The van der Waals surface area contributed by atoms with Gasteiger partial charge in [0.15, 0.2) is 17.2 Å². The van der Waals surface area contributed by atoms with E-state index >= 15 is 0 Å². The van der Waals surface area contributed by atoms with Crippen molar-refractivity contribution < 1.29 is 18.0 Å². The number of carbonyl (C=O) groups excluding carboxylic acids is 1. The van der Waals surface area contributed by atoms with E-state index in [0.717, 1.165) is 17.2 Å². The van der Waals surface area contributed by atoms with Crippen LogP contribution in [0.4, 0.5) is 19.0 Å². The minimum Gasteiger partial charge on any atom is -0.304 e. The number of alkyl halides is 3. The molecule has 0 aliphatic carbocycles. The highest BCUT2D eigenvalue weighted by atomic mass is 79.9. The zero-order valence-corrected chi connectivity index (χ0v) is 18.0. The van der Waals surface area contributed by atoms with Gasteiger partial charge in [0, 0.05) is 18.0 Å². The molecule has 160 valence electrons. The summed E-state index contributed by atoms with van der Waals surface area (Å²) in [5, 5.41) is 10.7. The molecular weight excluding hydrogens is 477 g/mol. The molecule has 0 radical (unpaired) electrons. The van der Waals surface area contributed by atoms with Crippen LogP contribution in [0.2, 0.25) is 0 Å². The molecule has 4 aromatic rings. The van der Waals surface area contributed by atoms with Gasteiger partial charge in [-0.3, -0.25) is 9.48 Å². The molecule has 0 aliphatic rings. The Morgan fingerprint density at radius 3 is 2.65 bits per heavy atom. The number of fused-ring (bicyclic) bond motifs is 1. The Morgan fingerprint density at radius 2 is 1.94 bits per heavy atom. The van der Waals surface area contributed by atoms with Crippen LogP contribution in [0.3, 0.4) is 0 Å². The van der Waals surface area contributed by atoms with Gasteiger partial charge in [0.2, 0.25) is 0 Å². The quantitative estimate of drug-likeness (QED) is 0.450. The van der Waals surface area contributed by atoms with Crippen LogP contribution in [-0.4, -0.2) is 30.3 Å². The van der Waals surface area contributed by atoms with Crippen LogP contribution in [-0.2, 0) is 12.7 Å². The van der Waals surface area contributed by atoms with Crippen LogP contribution in [0, 0.1) is 13.8 Å². The fourth-order valence-corrected chi connectivity index (χ4v) is 3.67. The summed E-state index contributed by atoms with van der Waals surface area (Å²) in [4.78, 5) is 16.8. The Hall–Kier alpha value is -3.21. The third kappa shape index (κ3) is 4.31. The average molecular weight is 493 g/mol. The highest BCUT2D eigenvalue weighted by molar-refractivity contribution is 9.10. The Balaban J connectivity index is 1.59. The predicted octanol–water partition coefficient (Wildman–Crippen LogP) is 4.62. The van der Waals surface area contributed by atoms with E-state index in [0.29, 0.717) is 11.1 Å². The Morgan fingerprint density at radius 1 is 1.16 bits per heavy atom. The first kappa shape index (κ1) is 21.0. The minimum atomic E-state index is -4.65.